The summed E-state index contributed by atoms with van der Waals surface area (Å²) in [5.41, 5.74) is 0. The number of hydrogen-bond donors (Lipinski definition) is 0. The molecule has 0 amide bonds. The lowest BCUT2D eigenvalue weighted by molar-refractivity contribution is -0.167. The SMILES string of the molecule is CCCC/C=C\C/C=C\CCCCCCCC(=O)OC[C@H](COC(=O)CCCCCCCCC/C=C\C/C=C\CCCCC)OC(=O)CCCCCCCCC/C=C\CCCCCCCC. The van der Waals surface area contributed by atoms with Crippen molar-refractivity contribution in [3.63, 3.8) is 0 Å². The Morgan fingerprint density at radius 1 is 0.303 bits per heavy atom. The minimum absolute atomic E-state index is 0.0840. The number of hydrogen-bond acceptors (Lipinski definition) is 6. The Labute approximate surface area is 409 Å². The summed E-state index contributed by atoms with van der Waals surface area (Å²) < 4.78 is 16.8. The predicted molar refractivity (Wildman–Crippen MR) is 284 cm³/mol. The van der Waals surface area contributed by atoms with E-state index in [1.807, 2.05) is 0 Å². The smallest absolute Gasteiger partial charge is 0.306 e. The van der Waals surface area contributed by atoms with Crippen molar-refractivity contribution in [3.8, 4) is 0 Å². The zero-order valence-electron chi connectivity index (χ0n) is 43.7. The molecule has 0 heterocycles. The Bertz CT molecular complexity index is 1200. The van der Waals surface area contributed by atoms with Crippen molar-refractivity contribution in [2.75, 3.05) is 13.2 Å². The Morgan fingerprint density at radius 3 is 0.924 bits per heavy atom. The van der Waals surface area contributed by atoms with Crippen LogP contribution in [-0.2, 0) is 28.6 Å². The maximum Gasteiger partial charge on any atom is 0.306 e. The maximum atomic E-state index is 12.8. The molecule has 0 aromatic heterocycles. The highest BCUT2D eigenvalue weighted by Crippen LogP contribution is 2.15. The first-order valence-corrected chi connectivity index (χ1v) is 28.3. The minimum atomic E-state index is -0.785. The van der Waals surface area contributed by atoms with Crippen LogP contribution in [0.3, 0.4) is 0 Å². The Kier molecular flexibility index (Phi) is 52.3. The van der Waals surface area contributed by atoms with Crippen LogP contribution in [0.2, 0.25) is 0 Å². The van der Waals surface area contributed by atoms with E-state index in [1.54, 1.807) is 0 Å². The molecule has 0 spiro atoms. The summed E-state index contributed by atoms with van der Waals surface area (Å²) in [6, 6.07) is 0. The molecule has 0 radical (unpaired) electrons. The van der Waals surface area contributed by atoms with Crippen molar-refractivity contribution >= 4 is 17.9 Å². The normalized spacial score (nSPS) is 12.5. The second-order valence-corrected chi connectivity index (χ2v) is 18.8. The summed E-state index contributed by atoms with van der Waals surface area (Å²) in [6.45, 7) is 6.57. The average Bonchev–Trinajstić information content (AvgIpc) is 3.31. The number of carbonyl (C=O) groups excluding carboxylic acids is 3. The van der Waals surface area contributed by atoms with Gasteiger partial charge in [0.1, 0.15) is 13.2 Å². The molecule has 66 heavy (non-hydrogen) atoms. The van der Waals surface area contributed by atoms with E-state index < -0.39 is 6.10 Å². The van der Waals surface area contributed by atoms with E-state index in [2.05, 4.69) is 81.5 Å². The first-order chi connectivity index (χ1) is 32.5. The molecule has 0 aliphatic heterocycles. The highest BCUT2D eigenvalue weighted by molar-refractivity contribution is 5.71. The lowest BCUT2D eigenvalue weighted by atomic mass is 10.1. The molecule has 0 aliphatic carbocycles. The molecule has 0 aromatic rings. The van der Waals surface area contributed by atoms with Gasteiger partial charge in [-0.15, -0.1) is 0 Å². The fourth-order valence-corrected chi connectivity index (χ4v) is 7.90. The van der Waals surface area contributed by atoms with E-state index in [1.165, 1.54) is 154 Å². The molecule has 6 heteroatoms. The number of ether oxygens (including phenoxy) is 3. The van der Waals surface area contributed by atoms with Gasteiger partial charge < -0.3 is 14.2 Å². The fraction of sp³-hybridized carbons (Fsp3) is 0.783. The van der Waals surface area contributed by atoms with Gasteiger partial charge in [0.25, 0.3) is 0 Å². The van der Waals surface area contributed by atoms with Gasteiger partial charge in [-0.2, -0.15) is 0 Å². The van der Waals surface area contributed by atoms with Crippen LogP contribution in [0.15, 0.2) is 60.8 Å². The minimum Gasteiger partial charge on any atom is -0.462 e. The van der Waals surface area contributed by atoms with Crippen LogP contribution < -0.4 is 0 Å². The van der Waals surface area contributed by atoms with Crippen molar-refractivity contribution < 1.29 is 28.6 Å². The lowest BCUT2D eigenvalue weighted by Crippen LogP contribution is -2.30. The summed E-state index contributed by atoms with van der Waals surface area (Å²) in [5, 5.41) is 0. The van der Waals surface area contributed by atoms with E-state index >= 15 is 0 Å². The van der Waals surface area contributed by atoms with Crippen molar-refractivity contribution in [1.82, 2.24) is 0 Å². The maximum absolute atomic E-state index is 12.8. The van der Waals surface area contributed by atoms with Gasteiger partial charge in [0.05, 0.1) is 0 Å². The van der Waals surface area contributed by atoms with Crippen LogP contribution in [0.1, 0.15) is 284 Å². The number of esters is 3. The van der Waals surface area contributed by atoms with Crippen LogP contribution in [0, 0.1) is 0 Å². The molecule has 0 aromatic carbocycles. The summed E-state index contributed by atoms with van der Waals surface area (Å²) in [5.74, 6) is -0.901. The van der Waals surface area contributed by atoms with E-state index in [-0.39, 0.29) is 31.1 Å². The van der Waals surface area contributed by atoms with Crippen molar-refractivity contribution in [1.29, 1.82) is 0 Å². The molecule has 0 unspecified atom stereocenters. The topological polar surface area (TPSA) is 78.9 Å². The summed E-state index contributed by atoms with van der Waals surface area (Å²) >= 11 is 0. The van der Waals surface area contributed by atoms with E-state index in [0.717, 1.165) is 89.9 Å². The molecule has 0 aliphatic rings. The number of rotatable bonds is 51. The summed E-state index contributed by atoms with van der Waals surface area (Å²) in [6.07, 6.45) is 67.7. The second kappa shape index (κ2) is 54.7. The van der Waals surface area contributed by atoms with Crippen molar-refractivity contribution in [2.45, 2.75) is 290 Å². The molecule has 6 nitrogen and oxygen atoms in total. The standard InChI is InChI=1S/C60H106O6/c1-4-7-10-13-16-19-22-25-28-30-32-35-38-41-44-47-50-53-59(62)65-56-57(55-64-58(61)52-49-46-43-40-37-34-27-24-21-18-15-12-9-6-3)66-60(63)54-51-48-45-42-39-36-33-31-29-26-23-20-17-14-11-8-5-2/h15-16,18-19,24-29,57H,4-14,17,20-23,30-56H2,1-3H3/b18-15-,19-16-,27-24-,28-25-,29-26-/t57-/m1/s1. The largest absolute Gasteiger partial charge is 0.462 e. The van der Waals surface area contributed by atoms with Gasteiger partial charge in [0.15, 0.2) is 6.10 Å². The van der Waals surface area contributed by atoms with Gasteiger partial charge in [0, 0.05) is 19.3 Å². The van der Waals surface area contributed by atoms with Gasteiger partial charge in [0.2, 0.25) is 0 Å². The quantitative estimate of drug-likeness (QED) is 0.0262. The molecule has 0 fully saturated rings. The molecule has 0 saturated heterocycles. The average molecular weight is 924 g/mol. The van der Waals surface area contributed by atoms with Gasteiger partial charge >= 0.3 is 17.9 Å². The van der Waals surface area contributed by atoms with Crippen molar-refractivity contribution in [2.24, 2.45) is 0 Å². The Morgan fingerprint density at radius 2 is 0.561 bits per heavy atom. The summed E-state index contributed by atoms with van der Waals surface area (Å²) in [7, 11) is 0. The molecular weight excluding hydrogens is 817 g/mol. The number of allylic oxidation sites excluding steroid dienone is 10. The van der Waals surface area contributed by atoms with Crippen LogP contribution in [0.25, 0.3) is 0 Å². The van der Waals surface area contributed by atoms with Crippen LogP contribution in [-0.4, -0.2) is 37.2 Å². The lowest BCUT2D eigenvalue weighted by Gasteiger charge is -2.18. The molecular formula is C60H106O6. The summed E-state index contributed by atoms with van der Waals surface area (Å²) in [4.78, 5) is 38.1. The van der Waals surface area contributed by atoms with Crippen molar-refractivity contribution in [3.05, 3.63) is 60.8 Å². The Balaban J connectivity index is 4.40. The zero-order valence-corrected chi connectivity index (χ0v) is 43.7. The third-order valence-corrected chi connectivity index (χ3v) is 12.2. The van der Waals surface area contributed by atoms with Gasteiger partial charge in [-0.25, -0.2) is 0 Å². The molecule has 0 bridgehead atoms. The monoisotopic (exact) mass is 923 g/mol. The number of carbonyl (C=O) groups is 3. The highest BCUT2D eigenvalue weighted by atomic mass is 16.6. The first-order valence-electron chi connectivity index (χ1n) is 28.3. The first kappa shape index (κ1) is 63.1. The number of unbranched alkanes of at least 4 members (excludes halogenated alkanes) is 30. The Hall–Kier alpha value is -2.89. The molecule has 0 saturated carbocycles. The molecule has 1 atom stereocenters. The predicted octanol–water partition coefficient (Wildman–Crippen LogP) is 18.8. The molecule has 0 N–H and O–H groups in total. The van der Waals surface area contributed by atoms with E-state index in [4.69, 9.17) is 14.2 Å². The van der Waals surface area contributed by atoms with Gasteiger partial charge in [-0.3, -0.25) is 14.4 Å². The van der Waals surface area contributed by atoms with Gasteiger partial charge in [-0.1, -0.05) is 223 Å². The van der Waals surface area contributed by atoms with Gasteiger partial charge in [-0.05, 0) is 103 Å². The van der Waals surface area contributed by atoms with E-state index in [9.17, 15) is 14.4 Å². The third-order valence-electron chi connectivity index (χ3n) is 12.2. The molecule has 0 rings (SSSR count). The van der Waals surface area contributed by atoms with Crippen LogP contribution in [0.4, 0.5) is 0 Å². The molecule has 382 valence electrons. The van der Waals surface area contributed by atoms with Crippen LogP contribution >= 0.6 is 0 Å². The fourth-order valence-electron chi connectivity index (χ4n) is 7.90. The second-order valence-electron chi connectivity index (χ2n) is 18.8. The van der Waals surface area contributed by atoms with E-state index in [0.29, 0.717) is 19.3 Å². The third kappa shape index (κ3) is 52.1. The van der Waals surface area contributed by atoms with Crippen LogP contribution in [0.5, 0.6) is 0 Å². The highest BCUT2D eigenvalue weighted by Gasteiger charge is 2.19. The zero-order chi connectivity index (χ0) is 47.9.